The van der Waals surface area contributed by atoms with E-state index in [-0.39, 0.29) is 0 Å². The Hall–Kier alpha value is -2.88. The SMILES string of the molecule is C[n+]1ccc(-c2c(-c3ccc(Br)cc3)cc(-c3ccccc3)cc2-c2ccc(Br)cc2)cc1.[O-][Cl+3]([O-])([O-])[O-]. The second-order valence-corrected chi connectivity index (χ2v) is 11.0. The highest BCUT2D eigenvalue weighted by Gasteiger charge is 2.18. The van der Waals surface area contributed by atoms with Crippen LogP contribution < -0.4 is 23.2 Å². The van der Waals surface area contributed by atoms with Gasteiger partial charge in [0, 0.05) is 21.1 Å². The minimum atomic E-state index is -4.94. The number of aromatic nitrogens is 1. The Morgan fingerprint density at radius 2 is 0.947 bits per heavy atom. The van der Waals surface area contributed by atoms with Crippen LogP contribution in [0.15, 0.2) is 124 Å². The summed E-state index contributed by atoms with van der Waals surface area (Å²) >= 11 is 7.18. The van der Waals surface area contributed by atoms with Gasteiger partial charge >= 0.3 is 0 Å². The van der Waals surface area contributed by atoms with Gasteiger partial charge in [0.15, 0.2) is 12.4 Å². The summed E-state index contributed by atoms with van der Waals surface area (Å²) in [6.07, 6.45) is 4.22. The van der Waals surface area contributed by atoms with Crippen molar-refractivity contribution < 1.29 is 33.4 Å². The Morgan fingerprint density at radius 1 is 0.526 bits per heavy atom. The van der Waals surface area contributed by atoms with Gasteiger partial charge in [0.1, 0.15) is 7.05 Å². The summed E-state index contributed by atoms with van der Waals surface area (Å²) in [5.74, 6) is 0. The molecule has 192 valence electrons. The first-order valence-corrected chi connectivity index (χ1v) is 14.2. The first kappa shape index (κ1) is 28.1. The maximum Gasteiger partial charge on any atom is 0.169 e. The molecule has 0 amide bonds. The van der Waals surface area contributed by atoms with E-state index in [1.54, 1.807) is 0 Å². The summed E-state index contributed by atoms with van der Waals surface area (Å²) in [6.45, 7) is 0. The molecule has 0 atom stereocenters. The standard InChI is InChI=1S/C30H22Br2N.ClHO4/c1-33-17-15-24(16-18-33)30-28(22-7-11-26(31)12-8-22)19-25(21-5-3-2-4-6-21)20-29(30)23-9-13-27(32)14-10-23;2-1(3,4)5/h2-20H,1H3;(H,2,3,4,5)/q+1;/p-1. The number of hydrogen-bond donors (Lipinski definition) is 0. The zero-order valence-electron chi connectivity index (χ0n) is 20.2. The van der Waals surface area contributed by atoms with Gasteiger partial charge in [-0.15, -0.1) is 10.2 Å². The van der Waals surface area contributed by atoms with Gasteiger partial charge in [0.2, 0.25) is 0 Å². The number of nitrogens with zero attached hydrogens (tertiary/aromatic N) is 1. The first-order chi connectivity index (χ1) is 18.1. The summed E-state index contributed by atoms with van der Waals surface area (Å²) in [5, 5.41) is 0. The van der Waals surface area contributed by atoms with Crippen LogP contribution in [-0.4, -0.2) is 0 Å². The van der Waals surface area contributed by atoms with Crippen molar-refractivity contribution in [3.05, 3.63) is 124 Å². The predicted octanol–water partition coefficient (Wildman–Crippen LogP) is 3.95. The minimum Gasteiger partial charge on any atom is -0.222 e. The molecule has 5 nitrogen and oxygen atoms in total. The number of halogens is 3. The molecule has 0 radical (unpaired) electrons. The molecular formula is C30H22Br2ClNO4. The number of pyridine rings is 1. The fourth-order valence-corrected chi connectivity index (χ4v) is 4.66. The van der Waals surface area contributed by atoms with E-state index >= 15 is 0 Å². The van der Waals surface area contributed by atoms with Gasteiger partial charge in [-0.1, -0.05) is 86.5 Å². The van der Waals surface area contributed by atoms with E-state index in [4.69, 9.17) is 18.6 Å². The third-order valence-electron chi connectivity index (χ3n) is 5.82. The lowest BCUT2D eigenvalue weighted by Gasteiger charge is -2.19. The first-order valence-electron chi connectivity index (χ1n) is 11.4. The van der Waals surface area contributed by atoms with Gasteiger partial charge in [0.25, 0.3) is 0 Å². The third-order valence-corrected chi connectivity index (χ3v) is 6.88. The second kappa shape index (κ2) is 12.3. The normalized spacial score (nSPS) is 11.0. The summed E-state index contributed by atoms with van der Waals surface area (Å²) in [5.41, 5.74) is 9.67. The zero-order chi connectivity index (χ0) is 27.3. The molecule has 1 heterocycles. The van der Waals surface area contributed by atoms with E-state index in [0.29, 0.717) is 0 Å². The molecule has 0 aliphatic heterocycles. The van der Waals surface area contributed by atoms with Gasteiger partial charge < -0.3 is 0 Å². The van der Waals surface area contributed by atoms with Crippen molar-refractivity contribution in [2.75, 3.05) is 0 Å². The molecule has 0 aliphatic carbocycles. The maximum atomic E-state index is 8.49. The number of rotatable bonds is 4. The van der Waals surface area contributed by atoms with Crippen LogP contribution in [0.2, 0.25) is 0 Å². The van der Waals surface area contributed by atoms with Crippen LogP contribution in [0.5, 0.6) is 0 Å². The lowest BCUT2D eigenvalue weighted by atomic mass is 9.85. The highest BCUT2D eigenvalue weighted by atomic mass is 79.9. The highest BCUT2D eigenvalue weighted by molar-refractivity contribution is 9.10. The topological polar surface area (TPSA) is 96.1 Å². The number of hydrogen-bond acceptors (Lipinski definition) is 4. The van der Waals surface area contributed by atoms with Gasteiger partial charge in [-0.25, -0.2) is 23.2 Å². The van der Waals surface area contributed by atoms with E-state index in [1.165, 1.54) is 44.5 Å². The van der Waals surface area contributed by atoms with Crippen molar-refractivity contribution >= 4 is 31.9 Å². The van der Waals surface area contributed by atoms with Gasteiger partial charge in [-0.2, -0.15) is 0 Å². The van der Waals surface area contributed by atoms with Gasteiger partial charge in [-0.05, 0) is 80.9 Å². The predicted molar refractivity (Wildman–Crippen MR) is 145 cm³/mol. The summed E-state index contributed by atoms with van der Waals surface area (Å²) in [4.78, 5) is 0. The van der Waals surface area contributed by atoms with E-state index in [2.05, 4.69) is 152 Å². The van der Waals surface area contributed by atoms with Crippen LogP contribution in [0.4, 0.5) is 0 Å². The van der Waals surface area contributed by atoms with E-state index in [0.717, 1.165) is 8.95 Å². The lowest BCUT2D eigenvalue weighted by molar-refractivity contribution is -2.00. The zero-order valence-corrected chi connectivity index (χ0v) is 24.1. The highest BCUT2D eigenvalue weighted by Crippen LogP contribution is 2.43. The van der Waals surface area contributed by atoms with Crippen LogP contribution in [0, 0.1) is 10.2 Å². The molecule has 0 fully saturated rings. The molecule has 38 heavy (non-hydrogen) atoms. The maximum absolute atomic E-state index is 8.49. The van der Waals surface area contributed by atoms with E-state index < -0.39 is 10.2 Å². The number of aryl methyl sites for hydroxylation is 1. The molecule has 4 aromatic carbocycles. The van der Waals surface area contributed by atoms with Crippen molar-refractivity contribution in [1.82, 2.24) is 0 Å². The van der Waals surface area contributed by atoms with Crippen LogP contribution in [-0.2, 0) is 7.05 Å². The van der Waals surface area contributed by atoms with Crippen LogP contribution in [0.25, 0.3) is 44.5 Å². The Kier molecular flexibility index (Phi) is 9.12. The molecule has 0 spiro atoms. The van der Waals surface area contributed by atoms with Crippen molar-refractivity contribution in [2.45, 2.75) is 0 Å². The summed E-state index contributed by atoms with van der Waals surface area (Å²) in [7, 11) is -2.90. The van der Waals surface area contributed by atoms with Crippen LogP contribution >= 0.6 is 31.9 Å². The minimum absolute atomic E-state index is 1.08. The molecule has 5 rings (SSSR count). The van der Waals surface area contributed by atoms with Gasteiger partial charge in [-0.3, -0.25) is 0 Å². The van der Waals surface area contributed by atoms with Crippen molar-refractivity contribution in [2.24, 2.45) is 7.05 Å². The molecule has 0 saturated carbocycles. The average Bonchev–Trinajstić information content (AvgIpc) is 2.89. The summed E-state index contributed by atoms with van der Waals surface area (Å²) in [6, 6.07) is 36.8. The Morgan fingerprint density at radius 3 is 1.37 bits per heavy atom. The second-order valence-electron chi connectivity index (χ2n) is 8.46. The lowest BCUT2D eigenvalue weighted by Crippen LogP contribution is -2.68. The smallest absolute Gasteiger partial charge is 0.169 e. The van der Waals surface area contributed by atoms with E-state index in [1.807, 2.05) is 7.05 Å². The van der Waals surface area contributed by atoms with E-state index in [9.17, 15) is 0 Å². The fourth-order valence-electron chi connectivity index (χ4n) is 4.13. The molecule has 8 heteroatoms. The monoisotopic (exact) mass is 653 g/mol. The molecule has 0 saturated heterocycles. The summed E-state index contributed by atoms with van der Waals surface area (Å²) < 4.78 is 38.2. The molecule has 0 aliphatic rings. The van der Waals surface area contributed by atoms with Crippen molar-refractivity contribution in [1.29, 1.82) is 0 Å². The van der Waals surface area contributed by atoms with Gasteiger partial charge in [0.05, 0.1) is 0 Å². The Balaban J connectivity index is 0.000000617. The quantitative estimate of drug-likeness (QED) is 0.274. The number of benzene rings is 4. The molecule has 0 bridgehead atoms. The average molecular weight is 656 g/mol. The largest absolute Gasteiger partial charge is 0.222 e. The third kappa shape index (κ3) is 7.58. The van der Waals surface area contributed by atoms with Crippen LogP contribution in [0.1, 0.15) is 0 Å². The molecule has 1 aromatic heterocycles. The molecule has 0 unspecified atom stereocenters. The fraction of sp³-hybridized carbons (Fsp3) is 0.0333. The Labute approximate surface area is 240 Å². The van der Waals surface area contributed by atoms with Crippen molar-refractivity contribution in [3.63, 3.8) is 0 Å². The van der Waals surface area contributed by atoms with Crippen molar-refractivity contribution in [3.8, 4) is 44.5 Å². The van der Waals surface area contributed by atoms with Crippen LogP contribution in [0.3, 0.4) is 0 Å². The molecule has 5 aromatic rings. The Bertz CT molecular complexity index is 1430. The molecule has 0 N–H and O–H groups in total. The molecular weight excluding hydrogens is 634 g/mol.